The van der Waals surface area contributed by atoms with E-state index in [0.717, 1.165) is 32.1 Å². The first kappa shape index (κ1) is 35.3. The molecule has 0 aliphatic heterocycles. The van der Waals surface area contributed by atoms with Gasteiger partial charge in [-0.05, 0) is 66.1 Å². The minimum Gasteiger partial charge on any atom is -0.493 e. The van der Waals surface area contributed by atoms with Crippen LogP contribution in [-0.2, 0) is 20.9 Å². The first-order chi connectivity index (χ1) is 19.8. The number of benzene rings is 1. The average Bonchev–Trinajstić information content (AvgIpc) is 2.97. The predicted molar refractivity (Wildman–Crippen MR) is 165 cm³/mol. The van der Waals surface area contributed by atoms with Gasteiger partial charge in [0, 0.05) is 44.7 Å². The molecule has 1 aromatic rings. The zero-order valence-corrected chi connectivity index (χ0v) is 26.7. The monoisotopic (exact) mass is 690 g/mol. The van der Waals surface area contributed by atoms with Crippen molar-refractivity contribution in [1.82, 2.24) is 10.2 Å². The predicted octanol–water partition coefficient (Wildman–Crippen LogP) is 3.32. The number of aliphatic hydroxyl groups is 3. The summed E-state index contributed by atoms with van der Waals surface area (Å²) in [6, 6.07) is 2.71. The number of nitrogens with one attached hydrogen (secondary N) is 1. The van der Waals surface area contributed by atoms with Crippen LogP contribution in [0.1, 0.15) is 70.8 Å². The highest BCUT2D eigenvalue weighted by Crippen LogP contribution is 2.37. The number of aliphatic hydroxyl groups excluding tert-OH is 3. The van der Waals surface area contributed by atoms with Crippen LogP contribution in [0, 0.1) is 3.57 Å². The lowest BCUT2D eigenvalue weighted by Crippen LogP contribution is -2.55. The van der Waals surface area contributed by atoms with Crippen molar-refractivity contribution in [3.63, 3.8) is 0 Å². The van der Waals surface area contributed by atoms with E-state index in [-0.39, 0.29) is 38.0 Å². The lowest BCUT2D eigenvalue weighted by atomic mass is 9.87. The van der Waals surface area contributed by atoms with Crippen molar-refractivity contribution < 1.29 is 39.1 Å². The zero-order chi connectivity index (χ0) is 30.2. The summed E-state index contributed by atoms with van der Waals surface area (Å²) < 4.78 is 18.0. The Hall–Kier alpha value is -1.93. The van der Waals surface area contributed by atoms with Gasteiger partial charge >= 0.3 is 0 Å². The van der Waals surface area contributed by atoms with E-state index in [1.165, 1.54) is 7.11 Å². The van der Waals surface area contributed by atoms with E-state index < -0.39 is 18.2 Å². The van der Waals surface area contributed by atoms with Crippen molar-refractivity contribution in [3.05, 3.63) is 32.9 Å². The number of rotatable bonds is 19. The maximum atomic E-state index is 13.6. The topological polar surface area (TPSA) is 138 Å². The van der Waals surface area contributed by atoms with Crippen molar-refractivity contribution in [2.45, 2.75) is 90.1 Å². The number of amides is 2. The summed E-state index contributed by atoms with van der Waals surface area (Å²) in [5.41, 5.74) is 1.01. The summed E-state index contributed by atoms with van der Waals surface area (Å²) in [4.78, 5) is 28.3. The molecule has 2 amide bonds. The SMILES string of the molecule is CCCCCCCC(=O)N(CCCOCC)C1CC(C(=O)NCCO)=CC(Oc2c(I)cc(CO)cc2OC)C1O. The molecule has 0 radical (unpaired) electrons. The van der Waals surface area contributed by atoms with E-state index >= 15 is 0 Å². The third-order valence-electron chi connectivity index (χ3n) is 7.05. The Labute approximate surface area is 257 Å². The quantitative estimate of drug-likeness (QED) is 0.128. The number of carbonyl (C=O) groups is 2. The van der Waals surface area contributed by atoms with E-state index in [1.54, 1.807) is 23.1 Å². The average molecular weight is 691 g/mol. The van der Waals surface area contributed by atoms with Crippen LogP contribution < -0.4 is 14.8 Å². The van der Waals surface area contributed by atoms with Crippen molar-refractivity contribution in [2.24, 2.45) is 0 Å². The Morgan fingerprint density at radius 2 is 1.88 bits per heavy atom. The number of methoxy groups -OCH3 is 1. The van der Waals surface area contributed by atoms with Gasteiger partial charge < -0.3 is 39.7 Å². The van der Waals surface area contributed by atoms with Gasteiger partial charge in [-0.25, -0.2) is 0 Å². The molecule has 4 N–H and O–H groups in total. The third-order valence-corrected chi connectivity index (χ3v) is 7.85. The fraction of sp³-hybridized carbons (Fsp3) is 0.667. The molecule has 0 saturated carbocycles. The van der Waals surface area contributed by atoms with Crippen LogP contribution in [0.5, 0.6) is 11.5 Å². The largest absolute Gasteiger partial charge is 0.493 e. The van der Waals surface area contributed by atoms with Gasteiger partial charge in [-0.15, -0.1) is 0 Å². The van der Waals surface area contributed by atoms with Gasteiger partial charge in [0.15, 0.2) is 11.5 Å². The van der Waals surface area contributed by atoms with Crippen LogP contribution in [0.25, 0.3) is 0 Å². The molecule has 3 atom stereocenters. The number of hydrogen-bond acceptors (Lipinski definition) is 8. The molecular formula is C30H47IN2O8. The molecule has 1 aliphatic rings. The lowest BCUT2D eigenvalue weighted by molar-refractivity contribution is -0.139. The minimum absolute atomic E-state index is 0.0720. The highest BCUT2D eigenvalue weighted by atomic mass is 127. The third kappa shape index (κ3) is 11.0. The van der Waals surface area contributed by atoms with Crippen molar-refractivity contribution >= 4 is 34.4 Å². The fourth-order valence-corrected chi connectivity index (χ4v) is 5.67. The molecule has 0 aromatic heterocycles. The Kier molecular flexibility index (Phi) is 16.6. The summed E-state index contributed by atoms with van der Waals surface area (Å²) in [6.45, 7) is 5.18. The van der Waals surface area contributed by atoms with Crippen LogP contribution in [0.2, 0.25) is 0 Å². The molecule has 0 bridgehead atoms. The molecule has 0 fully saturated rings. The van der Waals surface area contributed by atoms with Gasteiger partial charge in [-0.2, -0.15) is 0 Å². The van der Waals surface area contributed by atoms with Crippen LogP contribution in [0.4, 0.5) is 0 Å². The fourth-order valence-electron chi connectivity index (χ4n) is 4.87. The van der Waals surface area contributed by atoms with Crippen LogP contribution >= 0.6 is 22.6 Å². The van der Waals surface area contributed by atoms with Gasteiger partial charge in [0.1, 0.15) is 12.2 Å². The van der Waals surface area contributed by atoms with Gasteiger partial charge in [0.25, 0.3) is 0 Å². The second-order valence-corrected chi connectivity index (χ2v) is 11.2. The molecule has 0 heterocycles. The van der Waals surface area contributed by atoms with Gasteiger partial charge in [-0.3, -0.25) is 9.59 Å². The van der Waals surface area contributed by atoms with Crippen LogP contribution in [-0.4, -0.2) is 90.3 Å². The summed E-state index contributed by atoms with van der Waals surface area (Å²) in [5.74, 6) is 0.290. The first-order valence-electron chi connectivity index (χ1n) is 14.6. The second kappa shape index (κ2) is 19.3. The standard InChI is InChI=1S/C30H47IN2O8/c1-4-6-7-8-9-11-27(36)33(13-10-15-40-5-2)24-18-22(30(38)32-12-14-34)19-25(28(24)37)41-29-23(31)16-21(20-35)17-26(29)39-3/h16-17,19,24-25,28,34-35,37H,4-15,18,20H2,1-3H3,(H,32,38). The number of unbranched alkanes of at least 4 members (excludes halogenated alkanes) is 4. The zero-order valence-electron chi connectivity index (χ0n) is 24.6. The maximum Gasteiger partial charge on any atom is 0.247 e. The molecule has 1 aromatic carbocycles. The summed E-state index contributed by atoms with van der Waals surface area (Å²) in [5, 5.41) is 33.1. The Bertz CT molecular complexity index is 989. The van der Waals surface area contributed by atoms with Crippen molar-refractivity contribution in [1.29, 1.82) is 0 Å². The van der Waals surface area contributed by atoms with Crippen LogP contribution in [0.15, 0.2) is 23.8 Å². The molecular weight excluding hydrogens is 643 g/mol. The molecule has 3 unspecified atom stereocenters. The molecule has 10 nitrogen and oxygen atoms in total. The van der Waals surface area contributed by atoms with E-state index in [4.69, 9.17) is 14.2 Å². The van der Waals surface area contributed by atoms with E-state index in [9.17, 15) is 24.9 Å². The molecule has 1 aliphatic carbocycles. The van der Waals surface area contributed by atoms with Crippen LogP contribution in [0.3, 0.4) is 0 Å². The number of ether oxygens (including phenoxy) is 3. The Morgan fingerprint density at radius 3 is 2.54 bits per heavy atom. The Balaban J connectivity index is 2.40. The van der Waals surface area contributed by atoms with E-state index in [1.807, 2.05) is 6.92 Å². The van der Waals surface area contributed by atoms with Gasteiger partial charge in [0.2, 0.25) is 11.8 Å². The first-order valence-corrected chi connectivity index (χ1v) is 15.7. The highest BCUT2D eigenvalue weighted by Gasteiger charge is 2.40. The summed E-state index contributed by atoms with van der Waals surface area (Å²) >= 11 is 2.07. The normalized spacial score (nSPS) is 18.5. The van der Waals surface area contributed by atoms with E-state index in [0.29, 0.717) is 58.8 Å². The molecule has 2 rings (SSSR count). The highest BCUT2D eigenvalue weighted by molar-refractivity contribution is 14.1. The second-order valence-electron chi connectivity index (χ2n) is 10.1. The molecule has 0 saturated heterocycles. The molecule has 11 heteroatoms. The lowest BCUT2D eigenvalue weighted by Gasteiger charge is -2.41. The maximum absolute atomic E-state index is 13.6. The summed E-state index contributed by atoms with van der Waals surface area (Å²) in [6.07, 6.45) is 5.63. The van der Waals surface area contributed by atoms with Gasteiger partial charge in [0.05, 0.1) is 29.9 Å². The smallest absolute Gasteiger partial charge is 0.247 e. The van der Waals surface area contributed by atoms with Gasteiger partial charge in [-0.1, -0.05) is 32.6 Å². The van der Waals surface area contributed by atoms with Crippen molar-refractivity contribution in [2.75, 3.05) is 40.0 Å². The summed E-state index contributed by atoms with van der Waals surface area (Å²) in [7, 11) is 1.49. The van der Waals surface area contributed by atoms with E-state index in [2.05, 4.69) is 34.8 Å². The number of hydrogen-bond donors (Lipinski definition) is 4. The number of carbonyl (C=O) groups excluding carboxylic acids is 2. The molecule has 0 spiro atoms. The number of halogens is 1. The Morgan fingerprint density at radius 1 is 1.12 bits per heavy atom. The minimum atomic E-state index is -1.13. The molecule has 41 heavy (non-hydrogen) atoms. The molecule has 232 valence electrons. The van der Waals surface area contributed by atoms with Crippen molar-refractivity contribution in [3.8, 4) is 11.5 Å². The number of nitrogens with zero attached hydrogens (tertiary/aromatic N) is 1.